The number of ether oxygens (including phenoxy) is 2. The maximum absolute atomic E-state index is 11.7. The van der Waals surface area contributed by atoms with Crippen molar-refractivity contribution in [3.05, 3.63) is 59.2 Å². The van der Waals surface area contributed by atoms with E-state index < -0.39 is 0 Å². The molecule has 4 heteroatoms. The first-order valence-electron chi connectivity index (χ1n) is 6.85. The lowest BCUT2D eigenvalue weighted by Crippen LogP contribution is -2.06. The normalized spacial score (nSPS) is 10.2. The van der Waals surface area contributed by atoms with Crippen molar-refractivity contribution in [1.29, 1.82) is 0 Å². The minimum Gasteiger partial charge on any atom is -0.487 e. The molecule has 2 aromatic rings. The van der Waals surface area contributed by atoms with E-state index >= 15 is 0 Å². The van der Waals surface area contributed by atoms with E-state index in [-0.39, 0.29) is 5.97 Å². The van der Waals surface area contributed by atoms with Gasteiger partial charge in [0, 0.05) is 0 Å². The minimum atomic E-state index is -0.377. The third-order valence-electron chi connectivity index (χ3n) is 3.04. The summed E-state index contributed by atoms with van der Waals surface area (Å²) in [7, 11) is 0. The summed E-state index contributed by atoms with van der Waals surface area (Å²) in [6, 6.07) is 12.9. The Morgan fingerprint density at radius 1 is 1.14 bits per heavy atom. The first-order valence-corrected chi connectivity index (χ1v) is 6.85. The smallest absolute Gasteiger partial charge is 0.338 e. The van der Waals surface area contributed by atoms with Gasteiger partial charge in [0.15, 0.2) is 0 Å². The number of rotatable bonds is 5. The molecule has 0 amide bonds. The van der Waals surface area contributed by atoms with Crippen LogP contribution in [0, 0.1) is 6.92 Å². The molecular weight excluding hydrogens is 266 g/mol. The maximum Gasteiger partial charge on any atom is 0.338 e. The molecule has 0 fully saturated rings. The van der Waals surface area contributed by atoms with Crippen LogP contribution in [0.1, 0.15) is 28.4 Å². The highest BCUT2D eigenvalue weighted by molar-refractivity contribution is 5.90. The average molecular weight is 285 g/mol. The molecule has 0 heterocycles. The molecular formula is C17H19NO3. The van der Waals surface area contributed by atoms with E-state index in [9.17, 15) is 4.79 Å². The topological polar surface area (TPSA) is 61.5 Å². The quantitative estimate of drug-likeness (QED) is 0.676. The Morgan fingerprint density at radius 2 is 1.86 bits per heavy atom. The van der Waals surface area contributed by atoms with Crippen molar-refractivity contribution in [3.63, 3.8) is 0 Å². The van der Waals surface area contributed by atoms with Gasteiger partial charge in [0.2, 0.25) is 0 Å². The Labute approximate surface area is 124 Å². The molecule has 0 atom stereocenters. The van der Waals surface area contributed by atoms with Gasteiger partial charge in [-0.15, -0.1) is 0 Å². The highest BCUT2D eigenvalue weighted by atomic mass is 16.5. The van der Waals surface area contributed by atoms with Gasteiger partial charge < -0.3 is 15.2 Å². The van der Waals surface area contributed by atoms with Crippen LogP contribution >= 0.6 is 0 Å². The van der Waals surface area contributed by atoms with E-state index in [0.29, 0.717) is 30.2 Å². The molecule has 0 aliphatic rings. The molecule has 0 aromatic heterocycles. The maximum atomic E-state index is 11.7. The zero-order chi connectivity index (χ0) is 15.2. The van der Waals surface area contributed by atoms with Crippen LogP contribution in [0.3, 0.4) is 0 Å². The Bertz CT molecular complexity index is 620. The Balaban J connectivity index is 2.10. The van der Waals surface area contributed by atoms with Crippen molar-refractivity contribution in [2.75, 3.05) is 12.3 Å². The van der Waals surface area contributed by atoms with Crippen LogP contribution in [0.5, 0.6) is 5.75 Å². The Kier molecular flexibility index (Phi) is 4.82. The van der Waals surface area contributed by atoms with Crippen LogP contribution in [-0.2, 0) is 11.3 Å². The molecule has 0 radical (unpaired) electrons. The third kappa shape index (κ3) is 3.99. The molecule has 0 unspecified atom stereocenters. The summed E-state index contributed by atoms with van der Waals surface area (Å²) in [5.74, 6) is 0.110. The van der Waals surface area contributed by atoms with E-state index in [0.717, 1.165) is 5.56 Å². The highest BCUT2D eigenvalue weighted by Crippen LogP contribution is 2.24. The largest absolute Gasteiger partial charge is 0.487 e. The Morgan fingerprint density at radius 3 is 2.52 bits per heavy atom. The summed E-state index contributed by atoms with van der Waals surface area (Å²) in [6.45, 7) is 4.54. The molecule has 0 spiro atoms. The van der Waals surface area contributed by atoms with Crippen LogP contribution < -0.4 is 10.5 Å². The molecule has 0 aliphatic carbocycles. The monoisotopic (exact) mass is 285 g/mol. The highest BCUT2D eigenvalue weighted by Gasteiger charge is 2.10. The lowest BCUT2D eigenvalue weighted by Gasteiger charge is -2.11. The van der Waals surface area contributed by atoms with Crippen LogP contribution in [0.2, 0.25) is 0 Å². The van der Waals surface area contributed by atoms with Crippen LogP contribution in [-0.4, -0.2) is 12.6 Å². The van der Waals surface area contributed by atoms with Gasteiger partial charge in [-0.3, -0.25) is 0 Å². The van der Waals surface area contributed by atoms with Gasteiger partial charge in [-0.25, -0.2) is 4.79 Å². The van der Waals surface area contributed by atoms with Gasteiger partial charge in [0.05, 0.1) is 17.9 Å². The molecule has 0 bridgehead atoms. The number of benzene rings is 2. The van der Waals surface area contributed by atoms with Crippen LogP contribution in [0.15, 0.2) is 42.5 Å². The van der Waals surface area contributed by atoms with Gasteiger partial charge in [0.1, 0.15) is 12.4 Å². The number of aryl methyl sites for hydroxylation is 1. The first-order chi connectivity index (χ1) is 10.1. The number of nitrogen functional groups attached to an aromatic ring is 1. The molecule has 0 aliphatic heterocycles. The summed E-state index contributed by atoms with van der Waals surface area (Å²) in [5, 5.41) is 0. The molecule has 0 saturated heterocycles. The predicted octanol–water partition coefficient (Wildman–Crippen LogP) is 3.33. The van der Waals surface area contributed by atoms with Gasteiger partial charge >= 0.3 is 5.97 Å². The number of nitrogens with two attached hydrogens (primary N) is 1. The summed E-state index contributed by atoms with van der Waals surface area (Å²) >= 11 is 0. The van der Waals surface area contributed by atoms with Gasteiger partial charge in [-0.1, -0.05) is 29.8 Å². The van der Waals surface area contributed by atoms with Crippen molar-refractivity contribution in [2.45, 2.75) is 20.5 Å². The van der Waals surface area contributed by atoms with E-state index in [4.69, 9.17) is 15.2 Å². The van der Waals surface area contributed by atoms with Crippen molar-refractivity contribution in [3.8, 4) is 5.75 Å². The van der Waals surface area contributed by atoms with Crippen molar-refractivity contribution < 1.29 is 14.3 Å². The summed E-state index contributed by atoms with van der Waals surface area (Å²) in [4.78, 5) is 11.7. The van der Waals surface area contributed by atoms with E-state index in [1.165, 1.54) is 5.56 Å². The average Bonchev–Trinajstić information content (AvgIpc) is 2.48. The standard InChI is InChI=1S/C17H19NO3/c1-3-20-17(19)14-8-9-15(18)16(10-14)21-11-13-6-4-12(2)5-7-13/h4-10H,3,11,18H2,1-2H3. The van der Waals surface area contributed by atoms with E-state index in [1.807, 2.05) is 31.2 Å². The Hall–Kier alpha value is -2.49. The van der Waals surface area contributed by atoms with Gasteiger partial charge in [-0.05, 0) is 37.6 Å². The summed E-state index contributed by atoms with van der Waals surface area (Å²) < 4.78 is 10.7. The molecule has 21 heavy (non-hydrogen) atoms. The van der Waals surface area contributed by atoms with Gasteiger partial charge in [-0.2, -0.15) is 0 Å². The number of carbonyl (C=O) groups excluding carboxylic acids is 1. The molecule has 2 N–H and O–H groups in total. The second kappa shape index (κ2) is 6.79. The van der Waals surface area contributed by atoms with Crippen molar-refractivity contribution in [1.82, 2.24) is 0 Å². The second-order valence-corrected chi connectivity index (χ2v) is 4.75. The summed E-state index contributed by atoms with van der Waals surface area (Å²) in [5.41, 5.74) is 9.05. The fourth-order valence-electron chi connectivity index (χ4n) is 1.85. The minimum absolute atomic E-state index is 0.336. The predicted molar refractivity (Wildman–Crippen MR) is 82.3 cm³/mol. The van der Waals surface area contributed by atoms with Crippen LogP contribution in [0.25, 0.3) is 0 Å². The number of hydrogen-bond acceptors (Lipinski definition) is 4. The van der Waals surface area contributed by atoms with Crippen molar-refractivity contribution in [2.24, 2.45) is 0 Å². The van der Waals surface area contributed by atoms with E-state index in [1.54, 1.807) is 25.1 Å². The molecule has 0 saturated carbocycles. The lowest BCUT2D eigenvalue weighted by molar-refractivity contribution is 0.0526. The molecule has 4 nitrogen and oxygen atoms in total. The zero-order valence-electron chi connectivity index (χ0n) is 12.3. The number of anilines is 1. The first kappa shape index (κ1) is 14.9. The molecule has 2 aromatic carbocycles. The van der Waals surface area contributed by atoms with Gasteiger partial charge in [0.25, 0.3) is 0 Å². The SMILES string of the molecule is CCOC(=O)c1ccc(N)c(OCc2ccc(C)cc2)c1. The zero-order valence-corrected chi connectivity index (χ0v) is 12.3. The lowest BCUT2D eigenvalue weighted by atomic mass is 10.1. The van der Waals surface area contributed by atoms with Crippen molar-refractivity contribution >= 4 is 11.7 Å². The van der Waals surface area contributed by atoms with Crippen LogP contribution in [0.4, 0.5) is 5.69 Å². The third-order valence-corrected chi connectivity index (χ3v) is 3.04. The van der Waals surface area contributed by atoms with E-state index in [2.05, 4.69) is 0 Å². The summed E-state index contributed by atoms with van der Waals surface area (Å²) in [6.07, 6.45) is 0. The fraction of sp³-hybridized carbons (Fsp3) is 0.235. The second-order valence-electron chi connectivity index (χ2n) is 4.75. The molecule has 110 valence electrons. The fourth-order valence-corrected chi connectivity index (χ4v) is 1.85. The number of hydrogen-bond donors (Lipinski definition) is 1. The molecule has 2 rings (SSSR count). The number of esters is 1. The number of carbonyl (C=O) groups is 1.